The molecule has 18 heavy (non-hydrogen) atoms. The molecule has 0 radical (unpaired) electrons. The van der Waals surface area contributed by atoms with Crippen molar-refractivity contribution in [2.24, 2.45) is 0 Å². The highest BCUT2D eigenvalue weighted by Crippen LogP contribution is 2.26. The molecule has 2 rings (SSSR count). The second-order valence-electron chi connectivity index (χ2n) is 3.46. The van der Waals surface area contributed by atoms with E-state index in [0.29, 0.717) is 5.82 Å². The Morgan fingerprint density at radius 3 is 2.72 bits per heavy atom. The van der Waals surface area contributed by atoms with Gasteiger partial charge in [0.15, 0.2) is 0 Å². The fraction of sp³-hybridized carbons (Fsp3) is 0. The van der Waals surface area contributed by atoms with Crippen molar-refractivity contribution < 1.29 is 9.90 Å². The molecule has 1 heterocycles. The Labute approximate surface area is 122 Å². The molecule has 0 fully saturated rings. The molecular formula is C12H8ClIN2O2. The van der Waals surface area contributed by atoms with E-state index >= 15 is 0 Å². The van der Waals surface area contributed by atoms with Crippen LogP contribution < -0.4 is 5.32 Å². The summed E-state index contributed by atoms with van der Waals surface area (Å²) in [6, 6.07) is 9.03. The summed E-state index contributed by atoms with van der Waals surface area (Å²) in [4.78, 5) is 14.8. The molecule has 0 aliphatic heterocycles. The fourth-order valence-electron chi connectivity index (χ4n) is 1.34. The van der Waals surface area contributed by atoms with Crippen LogP contribution in [0.3, 0.4) is 0 Å². The lowest BCUT2D eigenvalue weighted by Crippen LogP contribution is -2.01. The van der Waals surface area contributed by atoms with Gasteiger partial charge in [-0.25, -0.2) is 9.78 Å². The van der Waals surface area contributed by atoms with Gasteiger partial charge in [0.1, 0.15) is 5.82 Å². The number of nitrogens with zero attached hydrogens (tertiary/aromatic N) is 1. The van der Waals surface area contributed by atoms with E-state index in [9.17, 15) is 4.79 Å². The van der Waals surface area contributed by atoms with E-state index in [0.717, 1.165) is 9.26 Å². The zero-order valence-electron chi connectivity index (χ0n) is 9.02. The van der Waals surface area contributed by atoms with Crippen LogP contribution in [0.2, 0.25) is 5.02 Å². The number of aromatic nitrogens is 1. The van der Waals surface area contributed by atoms with Gasteiger partial charge in [-0.1, -0.05) is 23.7 Å². The number of nitrogens with one attached hydrogen (secondary N) is 1. The summed E-state index contributed by atoms with van der Waals surface area (Å²) < 4.78 is 1.02. The topological polar surface area (TPSA) is 62.2 Å². The van der Waals surface area contributed by atoms with Gasteiger partial charge in [-0.15, -0.1) is 0 Å². The first-order chi connectivity index (χ1) is 8.58. The second kappa shape index (κ2) is 5.53. The van der Waals surface area contributed by atoms with E-state index in [1.165, 1.54) is 12.3 Å². The minimum Gasteiger partial charge on any atom is -0.478 e. The number of hydrogen-bond donors (Lipinski definition) is 2. The number of aromatic carboxylic acids is 1. The number of carboxylic acid groups (broad SMARTS) is 1. The number of halogens is 2. The largest absolute Gasteiger partial charge is 0.478 e. The Balaban J connectivity index is 2.30. The normalized spacial score (nSPS) is 10.1. The van der Waals surface area contributed by atoms with Gasteiger partial charge in [0.05, 0.1) is 16.3 Å². The maximum atomic E-state index is 10.8. The SMILES string of the molecule is O=C(O)c1cnc(Nc2ccccc2I)c(Cl)c1. The Kier molecular flexibility index (Phi) is 4.03. The van der Waals surface area contributed by atoms with Gasteiger partial charge in [-0.2, -0.15) is 0 Å². The van der Waals surface area contributed by atoms with Gasteiger partial charge in [0, 0.05) is 9.77 Å². The molecule has 0 bridgehead atoms. The lowest BCUT2D eigenvalue weighted by atomic mass is 10.3. The summed E-state index contributed by atoms with van der Waals surface area (Å²) in [5.41, 5.74) is 0.934. The Bertz CT molecular complexity index is 604. The standard InChI is InChI=1S/C12H8ClIN2O2/c13-8-5-7(12(17)18)6-15-11(8)16-10-4-2-1-3-9(10)14/h1-6H,(H,15,16)(H,17,18). The van der Waals surface area contributed by atoms with Gasteiger partial charge in [-0.3, -0.25) is 0 Å². The zero-order chi connectivity index (χ0) is 13.1. The first kappa shape index (κ1) is 13.1. The molecule has 92 valence electrons. The molecule has 0 atom stereocenters. The first-order valence-corrected chi connectivity index (χ1v) is 6.44. The van der Waals surface area contributed by atoms with E-state index in [4.69, 9.17) is 16.7 Å². The quantitative estimate of drug-likeness (QED) is 0.803. The average molecular weight is 375 g/mol. The number of rotatable bonds is 3. The van der Waals surface area contributed by atoms with Crippen LogP contribution in [0.25, 0.3) is 0 Å². The monoisotopic (exact) mass is 374 g/mol. The van der Waals surface area contributed by atoms with Gasteiger partial charge >= 0.3 is 5.97 Å². The Morgan fingerprint density at radius 1 is 1.39 bits per heavy atom. The summed E-state index contributed by atoms with van der Waals surface area (Å²) >= 11 is 8.17. The van der Waals surface area contributed by atoms with Crippen LogP contribution in [0.1, 0.15) is 10.4 Å². The number of para-hydroxylation sites is 1. The third kappa shape index (κ3) is 2.91. The van der Waals surface area contributed by atoms with E-state index in [2.05, 4.69) is 32.9 Å². The van der Waals surface area contributed by atoms with Crippen molar-refractivity contribution in [3.8, 4) is 0 Å². The van der Waals surface area contributed by atoms with Crippen molar-refractivity contribution >= 4 is 51.7 Å². The molecule has 0 aliphatic rings. The molecule has 0 unspecified atom stereocenters. The van der Waals surface area contributed by atoms with E-state index in [1.54, 1.807) is 0 Å². The van der Waals surface area contributed by atoms with Crippen molar-refractivity contribution in [3.05, 3.63) is 50.7 Å². The molecule has 6 heteroatoms. The van der Waals surface area contributed by atoms with Gasteiger partial charge in [0.25, 0.3) is 0 Å². The molecule has 1 aromatic carbocycles. The van der Waals surface area contributed by atoms with Crippen molar-refractivity contribution in [3.63, 3.8) is 0 Å². The molecule has 1 aromatic heterocycles. The number of benzene rings is 1. The Morgan fingerprint density at radius 2 is 2.11 bits per heavy atom. The number of pyridine rings is 1. The second-order valence-corrected chi connectivity index (χ2v) is 5.03. The van der Waals surface area contributed by atoms with Crippen LogP contribution >= 0.6 is 34.2 Å². The highest BCUT2D eigenvalue weighted by atomic mass is 127. The molecule has 0 saturated carbocycles. The molecule has 2 aromatic rings. The van der Waals surface area contributed by atoms with Crippen LogP contribution in [0, 0.1) is 3.57 Å². The predicted octanol–water partition coefficient (Wildman–Crippen LogP) is 3.78. The van der Waals surface area contributed by atoms with Gasteiger partial charge in [0.2, 0.25) is 0 Å². The summed E-state index contributed by atoms with van der Waals surface area (Å²) in [6.45, 7) is 0. The molecule has 0 saturated heterocycles. The van der Waals surface area contributed by atoms with Crippen LogP contribution in [-0.4, -0.2) is 16.1 Å². The van der Waals surface area contributed by atoms with Crippen LogP contribution in [0.15, 0.2) is 36.5 Å². The number of carboxylic acids is 1. The van der Waals surface area contributed by atoms with Crippen LogP contribution in [-0.2, 0) is 0 Å². The minimum atomic E-state index is -1.05. The number of anilines is 2. The van der Waals surface area contributed by atoms with Gasteiger partial charge < -0.3 is 10.4 Å². The lowest BCUT2D eigenvalue weighted by molar-refractivity contribution is 0.0696. The van der Waals surface area contributed by atoms with Crippen LogP contribution in [0.4, 0.5) is 11.5 Å². The van der Waals surface area contributed by atoms with Crippen molar-refractivity contribution in [2.45, 2.75) is 0 Å². The fourth-order valence-corrected chi connectivity index (χ4v) is 2.07. The van der Waals surface area contributed by atoms with Crippen molar-refractivity contribution in [1.29, 1.82) is 0 Å². The number of hydrogen-bond acceptors (Lipinski definition) is 3. The smallest absolute Gasteiger partial charge is 0.337 e. The highest BCUT2D eigenvalue weighted by molar-refractivity contribution is 14.1. The first-order valence-electron chi connectivity index (χ1n) is 4.98. The molecule has 0 aliphatic carbocycles. The summed E-state index contributed by atoms with van der Waals surface area (Å²) in [6.07, 6.45) is 1.27. The van der Waals surface area contributed by atoms with E-state index in [-0.39, 0.29) is 10.6 Å². The van der Waals surface area contributed by atoms with Crippen LogP contribution in [0.5, 0.6) is 0 Å². The molecule has 4 nitrogen and oxygen atoms in total. The zero-order valence-corrected chi connectivity index (χ0v) is 11.9. The third-order valence-corrected chi connectivity index (χ3v) is 3.44. The summed E-state index contributed by atoms with van der Waals surface area (Å²) in [5, 5.41) is 12.1. The van der Waals surface area contributed by atoms with Gasteiger partial charge in [-0.05, 0) is 40.8 Å². The molecule has 2 N–H and O–H groups in total. The maximum Gasteiger partial charge on any atom is 0.337 e. The summed E-state index contributed by atoms with van der Waals surface area (Å²) in [7, 11) is 0. The van der Waals surface area contributed by atoms with E-state index in [1.807, 2.05) is 24.3 Å². The van der Waals surface area contributed by atoms with Crippen molar-refractivity contribution in [2.75, 3.05) is 5.32 Å². The number of carbonyl (C=O) groups is 1. The van der Waals surface area contributed by atoms with Crippen molar-refractivity contribution in [1.82, 2.24) is 4.98 Å². The lowest BCUT2D eigenvalue weighted by Gasteiger charge is -2.09. The highest BCUT2D eigenvalue weighted by Gasteiger charge is 2.09. The average Bonchev–Trinajstić information content (AvgIpc) is 2.34. The molecule has 0 amide bonds. The summed E-state index contributed by atoms with van der Waals surface area (Å²) in [5.74, 6) is -0.615. The molecular weight excluding hydrogens is 367 g/mol. The Hall–Kier alpha value is -1.34. The maximum absolute atomic E-state index is 10.8. The predicted molar refractivity (Wildman–Crippen MR) is 78.6 cm³/mol. The van der Waals surface area contributed by atoms with E-state index < -0.39 is 5.97 Å². The molecule has 0 spiro atoms. The third-order valence-electron chi connectivity index (χ3n) is 2.22. The minimum absolute atomic E-state index is 0.0632.